The van der Waals surface area contributed by atoms with E-state index >= 15 is 0 Å². The Kier molecular flexibility index (Phi) is 2.60. The maximum Gasteiger partial charge on any atom is 0.129 e. The van der Waals surface area contributed by atoms with Gasteiger partial charge in [0.15, 0.2) is 0 Å². The molecule has 0 atom stereocenters. The van der Waals surface area contributed by atoms with Crippen molar-refractivity contribution < 1.29 is 0 Å². The first-order valence-electron chi connectivity index (χ1n) is 4.51. The molecule has 68 valence electrons. The Morgan fingerprint density at radius 1 is 1.23 bits per heavy atom. The van der Waals surface area contributed by atoms with Gasteiger partial charge in [0.25, 0.3) is 0 Å². The Hall–Kier alpha value is -0.890. The molecule has 0 bridgehead atoms. The second-order valence-corrected chi connectivity index (χ2v) is 3.54. The molecule has 1 aromatic rings. The van der Waals surface area contributed by atoms with Crippen LogP contribution in [-0.2, 0) is 0 Å². The van der Waals surface area contributed by atoms with Gasteiger partial charge in [-0.3, -0.25) is 4.99 Å². The van der Waals surface area contributed by atoms with E-state index in [1.54, 1.807) is 6.20 Å². The molecule has 0 aromatic carbocycles. The van der Waals surface area contributed by atoms with Gasteiger partial charge in [-0.2, -0.15) is 0 Å². The number of aromatic nitrogens is 1. The number of rotatable bonds is 1. The molecule has 1 aliphatic heterocycles. The normalized spacial score (nSPS) is 16.8. The van der Waals surface area contributed by atoms with Gasteiger partial charge in [-0.15, -0.1) is 0 Å². The molecule has 0 spiro atoms. The lowest BCUT2D eigenvalue weighted by atomic mass is 10.0. The Balaban J connectivity index is 2.24. The van der Waals surface area contributed by atoms with Crippen LogP contribution in [0.15, 0.2) is 23.3 Å². The smallest absolute Gasteiger partial charge is 0.129 e. The minimum Gasteiger partial charge on any atom is -0.289 e. The molecule has 2 nitrogen and oxygen atoms in total. The van der Waals surface area contributed by atoms with Crippen molar-refractivity contribution in [3.05, 3.63) is 29.0 Å². The summed E-state index contributed by atoms with van der Waals surface area (Å²) in [5.41, 5.74) is 2.29. The van der Waals surface area contributed by atoms with E-state index in [0.717, 1.165) is 18.5 Å². The lowest BCUT2D eigenvalue weighted by Gasteiger charge is -2.11. The quantitative estimate of drug-likeness (QED) is 0.631. The maximum atomic E-state index is 5.70. The van der Waals surface area contributed by atoms with E-state index in [0.29, 0.717) is 5.15 Å². The van der Waals surface area contributed by atoms with Gasteiger partial charge < -0.3 is 0 Å². The molecule has 0 fully saturated rings. The Morgan fingerprint density at radius 3 is 2.77 bits per heavy atom. The highest BCUT2D eigenvalue weighted by molar-refractivity contribution is 6.29. The van der Waals surface area contributed by atoms with Crippen LogP contribution in [0.1, 0.15) is 24.8 Å². The van der Waals surface area contributed by atoms with E-state index in [9.17, 15) is 0 Å². The van der Waals surface area contributed by atoms with Crippen LogP contribution >= 0.6 is 11.6 Å². The zero-order valence-corrected chi connectivity index (χ0v) is 8.09. The number of aliphatic imine (C=N–C) groups is 1. The maximum absolute atomic E-state index is 5.70. The van der Waals surface area contributed by atoms with E-state index in [2.05, 4.69) is 9.98 Å². The fourth-order valence-corrected chi connectivity index (χ4v) is 1.59. The summed E-state index contributed by atoms with van der Waals surface area (Å²) in [6.45, 7) is 0.956. The Morgan fingerprint density at radius 2 is 2.15 bits per heavy atom. The monoisotopic (exact) mass is 194 g/mol. The van der Waals surface area contributed by atoms with Crippen molar-refractivity contribution in [2.75, 3.05) is 6.54 Å². The minimum atomic E-state index is 0.542. The van der Waals surface area contributed by atoms with Crippen LogP contribution in [0.2, 0.25) is 5.15 Å². The summed E-state index contributed by atoms with van der Waals surface area (Å²) in [6, 6.07) is 3.80. The molecule has 0 amide bonds. The Bertz CT molecular complexity index is 316. The summed E-state index contributed by atoms with van der Waals surface area (Å²) in [6.07, 6.45) is 5.32. The van der Waals surface area contributed by atoms with Crippen molar-refractivity contribution in [1.82, 2.24) is 4.98 Å². The molecule has 2 heterocycles. The van der Waals surface area contributed by atoms with Gasteiger partial charge in [0, 0.05) is 24.0 Å². The predicted octanol–water partition coefficient (Wildman–Crippen LogP) is 2.71. The van der Waals surface area contributed by atoms with Crippen LogP contribution in [0.3, 0.4) is 0 Å². The molecule has 1 aliphatic rings. The highest BCUT2D eigenvalue weighted by Gasteiger charge is 2.07. The fraction of sp³-hybridized carbons (Fsp3) is 0.400. The van der Waals surface area contributed by atoms with Crippen molar-refractivity contribution in [3.63, 3.8) is 0 Å². The van der Waals surface area contributed by atoms with Gasteiger partial charge in [0.05, 0.1) is 0 Å². The van der Waals surface area contributed by atoms with Gasteiger partial charge in [-0.1, -0.05) is 11.6 Å². The van der Waals surface area contributed by atoms with Crippen LogP contribution < -0.4 is 0 Å². The molecule has 0 saturated carbocycles. The van der Waals surface area contributed by atoms with Crippen LogP contribution in [0.4, 0.5) is 0 Å². The summed E-state index contributed by atoms with van der Waals surface area (Å²) in [4.78, 5) is 8.50. The molecular formula is C10H11ClN2. The summed E-state index contributed by atoms with van der Waals surface area (Å²) in [7, 11) is 0. The van der Waals surface area contributed by atoms with Gasteiger partial charge in [-0.05, 0) is 31.4 Å². The van der Waals surface area contributed by atoms with Gasteiger partial charge >= 0.3 is 0 Å². The van der Waals surface area contributed by atoms with E-state index in [-0.39, 0.29) is 0 Å². The van der Waals surface area contributed by atoms with Crippen molar-refractivity contribution >= 4 is 17.3 Å². The molecular weight excluding hydrogens is 184 g/mol. The lowest BCUT2D eigenvalue weighted by Crippen LogP contribution is -2.07. The van der Waals surface area contributed by atoms with Crippen LogP contribution in [-0.4, -0.2) is 17.2 Å². The molecule has 1 aromatic heterocycles. The predicted molar refractivity (Wildman–Crippen MR) is 54.5 cm³/mol. The minimum absolute atomic E-state index is 0.542. The van der Waals surface area contributed by atoms with Gasteiger partial charge in [0.1, 0.15) is 5.15 Å². The average Bonchev–Trinajstić information content (AvgIpc) is 2.20. The molecule has 0 aliphatic carbocycles. The van der Waals surface area contributed by atoms with E-state index in [1.807, 2.05) is 12.1 Å². The summed E-state index contributed by atoms with van der Waals surface area (Å²) < 4.78 is 0. The molecule has 0 N–H and O–H groups in total. The molecule has 3 heteroatoms. The third kappa shape index (κ3) is 2.07. The summed E-state index contributed by atoms with van der Waals surface area (Å²) in [5.74, 6) is 0. The molecule has 0 saturated heterocycles. The van der Waals surface area contributed by atoms with Crippen molar-refractivity contribution in [2.24, 2.45) is 4.99 Å². The molecule has 13 heavy (non-hydrogen) atoms. The van der Waals surface area contributed by atoms with Crippen LogP contribution in [0.25, 0.3) is 0 Å². The topological polar surface area (TPSA) is 25.2 Å². The van der Waals surface area contributed by atoms with Crippen molar-refractivity contribution in [2.45, 2.75) is 19.3 Å². The fourth-order valence-electron chi connectivity index (χ4n) is 1.48. The van der Waals surface area contributed by atoms with E-state index in [1.165, 1.54) is 18.6 Å². The van der Waals surface area contributed by atoms with Gasteiger partial charge in [0.2, 0.25) is 0 Å². The van der Waals surface area contributed by atoms with E-state index < -0.39 is 0 Å². The lowest BCUT2D eigenvalue weighted by molar-refractivity contribution is 0.738. The van der Waals surface area contributed by atoms with Crippen LogP contribution in [0.5, 0.6) is 0 Å². The van der Waals surface area contributed by atoms with Crippen molar-refractivity contribution in [1.29, 1.82) is 0 Å². The number of pyridine rings is 1. The molecule has 0 radical (unpaired) electrons. The SMILES string of the molecule is Clc1ccc(C2=NCCCC2)cn1. The standard InChI is InChI=1S/C10H11ClN2/c11-10-5-4-8(7-13-10)9-3-1-2-6-12-9/h4-5,7H,1-3,6H2. The van der Waals surface area contributed by atoms with Crippen molar-refractivity contribution in [3.8, 4) is 0 Å². The highest BCUT2D eigenvalue weighted by atomic mass is 35.5. The summed E-state index contributed by atoms with van der Waals surface area (Å²) >= 11 is 5.70. The second-order valence-electron chi connectivity index (χ2n) is 3.16. The first-order valence-corrected chi connectivity index (χ1v) is 4.89. The largest absolute Gasteiger partial charge is 0.289 e. The third-order valence-corrected chi connectivity index (χ3v) is 2.41. The molecule has 0 unspecified atom stereocenters. The first-order chi connectivity index (χ1) is 6.36. The second kappa shape index (κ2) is 3.88. The Labute approximate surface area is 82.7 Å². The number of hydrogen-bond acceptors (Lipinski definition) is 2. The number of nitrogens with zero attached hydrogens (tertiary/aromatic N) is 2. The highest BCUT2D eigenvalue weighted by Crippen LogP contribution is 2.14. The van der Waals surface area contributed by atoms with Gasteiger partial charge in [-0.25, -0.2) is 4.98 Å². The number of halogens is 1. The third-order valence-electron chi connectivity index (χ3n) is 2.18. The zero-order chi connectivity index (χ0) is 9.10. The molecule has 2 rings (SSSR count). The summed E-state index contributed by atoms with van der Waals surface area (Å²) in [5, 5.41) is 0.542. The first kappa shape index (κ1) is 8.70. The van der Waals surface area contributed by atoms with E-state index in [4.69, 9.17) is 11.6 Å². The zero-order valence-electron chi connectivity index (χ0n) is 7.33. The number of hydrogen-bond donors (Lipinski definition) is 0. The van der Waals surface area contributed by atoms with Crippen LogP contribution in [0, 0.1) is 0 Å². The average molecular weight is 195 g/mol.